The second-order valence-corrected chi connectivity index (χ2v) is 7.69. The first-order chi connectivity index (χ1) is 14.0. The highest BCUT2D eigenvalue weighted by atomic mass is 16.5. The summed E-state index contributed by atoms with van der Waals surface area (Å²) < 4.78 is 11.2. The van der Waals surface area contributed by atoms with Gasteiger partial charge in [-0.2, -0.15) is 0 Å². The summed E-state index contributed by atoms with van der Waals surface area (Å²) in [6.07, 6.45) is 5.36. The fraction of sp³-hybridized carbons (Fsp3) is 0.391. The normalized spacial score (nSPS) is 19.6. The Hall–Kier alpha value is -3.02. The molecule has 0 bridgehead atoms. The summed E-state index contributed by atoms with van der Waals surface area (Å²) in [6.45, 7) is 0.553. The van der Waals surface area contributed by atoms with Crippen LogP contribution in [0, 0.1) is 0 Å². The average molecular weight is 395 g/mol. The number of anilines is 1. The molecule has 1 aliphatic carbocycles. The second kappa shape index (κ2) is 8.15. The molecule has 2 aliphatic rings. The Labute approximate surface area is 170 Å². The minimum Gasteiger partial charge on any atom is -0.496 e. The van der Waals surface area contributed by atoms with Crippen LogP contribution >= 0.6 is 0 Å². The molecule has 1 atom stereocenters. The second-order valence-electron chi connectivity index (χ2n) is 7.69. The van der Waals surface area contributed by atoms with Gasteiger partial charge in [-0.15, -0.1) is 0 Å². The number of carbonyl (C=O) groups is 2. The topological polar surface area (TPSA) is 76.1 Å². The van der Waals surface area contributed by atoms with Gasteiger partial charge in [-0.25, -0.2) is 4.79 Å². The van der Waals surface area contributed by atoms with E-state index in [4.69, 9.17) is 9.47 Å². The van der Waals surface area contributed by atoms with Crippen molar-refractivity contribution >= 4 is 17.6 Å². The summed E-state index contributed by atoms with van der Waals surface area (Å²) >= 11 is 0. The molecule has 152 valence electrons. The van der Waals surface area contributed by atoms with E-state index in [1.165, 1.54) is 20.0 Å². The van der Waals surface area contributed by atoms with Crippen molar-refractivity contribution in [3.8, 4) is 11.5 Å². The third-order valence-electron chi connectivity index (χ3n) is 5.81. The van der Waals surface area contributed by atoms with Gasteiger partial charge < -0.3 is 19.5 Å². The van der Waals surface area contributed by atoms with Gasteiger partial charge in [-0.05, 0) is 67.6 Å². The van der Waals surface area contributed by atoms with Crippen molar-refractivity contribution in [1.82, 2.24) is 0 Å². The molecule has 2 aromatic rings. The highest BCUT2D eigenvalue weighted by Gasteiger charge is 2.32. The Morgan fingerprint density at radius 2 is 1.83 bits per heavy atom. The molecular formula is C23H25NO5. The third-order valence-corrected chi connectivity index (χ3v) is 5.81. The molecule has 2 fully saturated rings. The van der Waals surface area contributed by atoms with Crippen LogP contribution in [0.25, 0.3) is 0 Å². The summed E-state index contributed by atoms with van der Waals surface area (Å²) in [5.41, 5.74) is 1.88. The minimum absolute atomic E-state index is 0.00587. The zero-order chi connectivity index (χ0) is 20.4. The van der Waals surface area contributed by atoms with E-state index >= 15 is 0 Å². The van der Waals surface area contributed by atoms with Crippen LogP contribution in [-0.4, -0.2) is 36.7 Å². The van der Waals surface area contributed by atoms with E-state index in [9.17, 15) is 14.7 Å². The molecule has 1 aliphatic heterocycles. The van der Waals surface area contributed by atoms with E-state index in [0.717, 1.165) is 29.8 Å². The highest BCUT2D eigenvalue weighted by molar-refractivity contribution is 5.96. The van der Waals surface area contributed by atoms with Crippen LogP contribution < -0.4 is 14.4 Å². The molecule has 6 nitrogen and oxygen atoms in total. The largest absolute Gasteiger partial charge is 0.496 e. The van der Waals surface area contributed by atoms with E-state index in [1.54, 1.807) is 23.1 Å². The predicted octanol–water partition coefficient (Wildman–Crippen LogP) is 4.24. The third kappa shape index (κ3) is 4.06. The van der Waals surface area contributed by atoms with Crippen molar-refractivity contribution in [2.75, 3.05) is 18.6 Å². The number of amides is 1. The first-order valence-corrected chi connectivity index (χ1v) is 10.0. The first-order valence-electron chi connectivity index (χ1n) is 10.0. The summed E-state index contributed by atoms with van der Waals surface area (Å²) in [5, 5.41) is 9.25. The maximum Gasteiger partial charge on any atom is 0.339 e. The zero-order valence-electron chi connectivity index (χ0n) is 16.5. The van der Waals surface area contributed by atoms with Crippen LogP contribution in [0.1, 0.15) is 53.9 Å². The van der Waals surface area contributed by atoms with Crippen molar-refractivity contribution in [3.05, 3.63) is 53.6 Å². The summed E-state index contributed by atoms with van der Waals surface area (Å²) in [5.74, 6) is 0.180. The van der Waals surface area contributed by atoms with Gasteiger partial charge in [0.1, 0.15) is 17.1 Å². The van der Waals surface area contributed by atoms with Crippen molar-refractivity contribution in [2.24, 2.45) is 0 Å². The van der Waals surface area contributed by atoms with E-state index in [2.05, 4.69) is 0 Å². The number of nitrogens with zero attached hydrogens (tertiary/aromatic N) is 1. The Kier molecular flexibility index (Phi) is 5.43. The van der Waals surface area contributed by atoms with Crippen molar-refractivity contribution in [3.63, 3.8) is 0 Å². The van der Waals surface area contributed by atoms with Crippen molar-refractivity contribution in [1.29, 1.82) is 0 Å². The lowest BCUT2D eigenvalue weighted by Gasteiger charge is -2.19. The lowest BCUT2D eigenvalue weighted by Crippen LogP contribution is -2.24. The predicted molar refractivity (Wildman–Crippen MR) is 109 cm³/mol. The number of ether oxygens (including phenoxy) is 2. The fourth-order valence-electron chi connectivity index (χ4n) is 4.22. The summed E-state index contributed by atoms with van der Waals surface area (Å²) in [4.78, 5) is 25.7. The van der Waals surface area contributed by atoms with Crippen LogP contribution in [0.15, 0.2) is 42.5 Å². The Morgan fingerprint density at radius 3 is 2.48 bits per heavy atom. The average Bonchev–Trinajstić information content (AvgIpc) is 3.37. The Balaban J connectivity index is 1.47. The van der Waals surface area contributed by atoms with Crippen molar-refractivity contribution < 1.29 is 24.2 Å². The molecule has 1 heterocycles. The van der Waals surface area contributed by atoms with Crippen LogP contribution in [-0.2, 0) is 4.79 Å². The van der Waals surface area contributed by atoms with Crippen LogP contribution in [0.2, 0.25) is 0 Å². The molecule has 1 saturated carbocycles. The Bertz CT molecular complexity index is 902. The first kappa shape index (κ1) is 19.3. The zero-order valence-corrected chi connectivity index (χ0v) is 16.5. The Morgan fingerprint density at radius 1 is 1.10 bits per heavy atom. The maximum atomic E-state index is 12.6. The number of benzene rings is 2. The van der Waals surface area contributed by atoms with Gasteiger partial charge in [0.05, 0.1) is 13.2 Å². The molecule has 1 saturated heterocycles. The number of rotatable bonds is 6. The van der Waals surface area contributed by atoms with Gasteiger partial charge in [0.25, 0.3) is 0 Å². The van der Waals surface area contributed by atoms with Crippen LogP contribution in [0.5, 0.6) is 11.5 Å². The maximum absolute atomic E-state index is 12.6. The van der Waals surface area contributed by atoms with E-state index in [0.29, 0.717) is 24.8 Å². The molecule has 0 aromatic heterocycles. The molecule has 4 rings (SSSR count). The molecule has 1 unspecified atom stereocenters. The standard InChI is InChI=1S/C23H25NO5/c1-28-21-12-15(6-11-20(21)23(26)27)16-13-22(25)24(14-16)17-7-9-19(10-8-17)29-18-4-2-3-5-18/h6-12,16,18H,2-5,13-14H2,1H3,(H,26,27). The monoisotopic (exact) mass is 395 g/mol. The summed E-state index contributed by atoms with van der Waals surface area (Å²) in [6, 6.07) is 12.8. The van der Waals surface area contributed by atoms with Crippen LogP contribution in [0.4, 0.5) is 5.69 Å². The number of hydrogen-bond donors (Lipinski definition) is 1. The molecule has 1 N–H and O–H groups in total. The number of aromatic carboxylic acids is 1. The number of carbonyl (C=O) groups excluding carboxylic acids is 1. The lowest BCUT2D eigenvalue weighted by molar-refractivity contribution is -0.117. The van der Waals surface area contributed by atoms with Gasteiger partial charge in [-0.1, -0.05) is 6.07 Å². The molecule has 2 aromatic carbocycles. The highest BCUT2D eigenvalue weighted by Crippen LogP contribution is 2.35. The smallest absolute Gasteiger partial charge is 0.339 e. The van der Waals surface area contributed by atoms with Gasteiger partial charge >= 0.3 is 5.97 Å². The molecule has 6 heteroatoms. The molecule has 0 spiro atoms. The summed E-state index contributed by atoms with van der Waals surface area (Å²) in [7, 11) is 1.45. The quantitative estimate of drug-likeness (QED) is 0.792. The number of methoxy groups -OCH3 is 1. The molecular weight excluding hydrogens is 370 g/mol. The van der Waals surface area contributed by atoms with E-state index in [1.807, 2.05) is 24.3 Å². The van der Waals surface area contributed by atoms with E-state index < -0.39 is 5.97 Å². The number of carboxylic acids is 1. The SMILES string of the molecule is COc1cc(C2CC(=O)N(c3ccc(OC4CCCC4)cc3)C2)ccc1C(=O)O. The number of hydrogen-bond acceptors (Lipinski definition) is 4. The number of carboxylic acid groups (broad SMARTS) is 1. The molecule has 29 heavy (non-hydrogen) atoms. The van der Waals surface area contributed by atoms with Gasteiger partial charge in [-0.3, -0.25) is 4.79 Å². The van der Waals surface area contributed by atoms with Gasteiger partial charge in [0, 0.05) is 24.6 Å². The lowest BCUT2D eigenvalue weighted by atomic mass is 9.96. The van der Waals surface area contributed by atoms with Gasteiger partial charge in [0.2, 0.25) is 5.91 Å². The van der Waals surface area contributed by atoms with Gasteiger partial charge in [0.15, 0.2) is 0 Å². The molecule has 0 radical (unpaired) electrons. The van der Waals surface area contributed by atoms with E-state index in [-0.39, 0.29) is 17.4 Å². The van der Waals surface area contributed by atoms with Crippen molar-refractivity contribution in [2.45, 2.75) is 44.1 Å². The minimum atomic E-state index is -1.03. The van der Waals surface area contributed by atoms with Crippen LogP contribution in [0.3, 0.4) is 0 Å². The molecule has 1 amide bonds. The fourth-order valence-corrected chi connectivity index (χ4v) is 4.22.